The Morgan fingerprint density at radius 2 is 1.83 bits per heavy atom. The van der Waals surface area contributed by atoms with E-state index in [-0.39, 0.29) is 42.4 Å². The van der Waals surface area contributed by atoms with Gasteiger partial charge in [0.05, 0.1) is 25.0 Å². The molecule has 1 saturated heterocycles. The van der Waals surface area contributed by atoms with Crippen molar-refractivity contribution >= 4 is 21.7 Å². The lowest BCUT2D eigenvalue weighted by molar-refractivity contribution is -0.142. The van der Waals surface area contributed by atoms with Crippen LogP contribution in [0, 0.1) is 5.92 Å². The van der Waals surface area contributed by atoms with Crippen molar-refractivity contribution in [1.29, 1.82) is 0 Å². The molecule has 23 heavy (non-hydrogen) atoms. The van der Waals surface area contributed by atoms with Gasteiger partial charge in [-0.2, -0.15) is 0 Å². The number of esters is 1. The molecule has 0 radical (unpaired) electrons. The molecule has 1 saturated carbocycles. The number of hydrogen-bond acceptors (Lipinski definition) is 5. The molecule has 132 valence electrons. The predicted molar refractivity (Wildman–Crippen MR) is 86.6 cm³/mol. The Balaban J connectivity index is 1.93. The maximum Gasteiger partial charge on any atom is 0.307 e. The first-order valence-electron chi connectivity index (χ1n) is 8.48. The van der Waals surface area contributed by atoms with Crippen LogP contribution in [0.4, 0.5) is 0 Å². The molecule has 1 aliphatic heterocycles. The molecule has 1 atom stereocenters. The van der Waals surface area contributed by atoms with Gasteiger partial charge in [-0.15, -0.1) is 0 Å². The van der Waals surface area contributed by atoms with Gasteiger partial charge in [0.25, 0.3) is 0 Å². The number of methoxy groups -OCH3 is 1. The fourth-order valence-corrected chi connectivity index (χ4v) is 5.35. The van der Waals surface area contributed by atoms with E-state index in [4.69, 9.17) is 0 Å². The summed E-state index contributed by atoms with van der Waals surface area (Å²) in [6, 6.07) is -0.291. The monoisotopic (exact) mass is 345 g/mol. The molecule has 2 fully saturated rings. The van der Waals surface area contributed by atoms with Gasteiger partial charge in [0.1, 0.15) is 0 Å². The van der Waals surface area contributed by atoms with Gasteiger partial charge >= 0.3 is 5.97 Å². The number of nitrogens with zero attached hydrogens (tertiary/aromatic N) is 1. The quantitative estimate of drug-likeness (QED) is 0.654. The maximum atomic E-state index is 12.6. The van der Waals surface area contributed by atoms with Crippen LogP contribution in [0.3, 0.4) is 0 Å². The van der Waals surface area contributed by atoms with Gasteiger partial charge in [0.15, 0.2) is 9.84 Å². The van der Waals surface area contributed by atoms with E-state index in [1.807, 2.05) is 0 Å². The topological polar surface area (TPSA) is 80.8 Å². The Morgan fingerprint density at radius 3 is 2.39 bits per heavy atom. The fraction of sp³-hybridized carbons (Fsp3) is 0.875. The largest absolute Gasteiger partial charge is 0.469 e. The van der Waals surface area contributed by atoms with Crippen LogP contribution in [-0.4, -0.2) is 56.4 Å². The van der Waals surface area contributed by atoms with E-state index >= 15 is 0 Å². The van der Waals surface area contributed by atoms with E-state index in [0.717, 1.165) is 6.42 Å². The third kappa shape index (κ3) is 5.48. The molecule has 2 aliphatic rings. The summed E-state index contributed by atoms with van der Waals surface area (Å²) in [7, 11) is -1.74. The molecule has 0 N–H and O–H groups in total. The van der Waals surface area contributed by atoms with Gasteiger partial charge < -0.3 is 9.64 Å². The van der Waals surface area contributed by atoms with Gasteiger partial charge in [0, 0.05) is 19.0 Å². The number of ether oxygens (including phenoxy) is 1. The van der Waals surface area contributed by atoms with E-state index in [1.165, 1.54) is 32.8 Å². The minimum atomic E-state index is -3.06. The summed E-state index contributed by atoms with van der Waals surface area (Å²) in [4.78, 5) is 25.6. The normalized spacial score (nSPS) is 23.8. The number of hydrogen-bond donors (Lipinski definition) is 0. The standard InChI is InChI=1S/C16H27NO5S/c1-22-16(19)8-10-17(14-9-11-23(20,21)12-14)15(18)7-6-13-4-2-3-5-13/h13-14H,2-12H2,1H3. The van der Waals surface area contributed by atoms with Crippen molar-refractivity contribution in [3.05, 3.63) is 0 Å². The second-order valence-electron chi connectivity index (χ2n) is 6.66. The Labute approximate surface area is 138 Å². The highest BCUT2D eigenvalue weighted by molar-refractivity contribution is 7.91. The van der Waals surface area contributed by atoms with Gasteiger partial charge in [-0.25, -0.2) is 8.42 Å². The van der Waals surface area contributed by atoms with E-state index in [9.17, 15) is 18.0 Å². The summed E-state index contributed by atoms with van der Waals surface area (Å²) in [6.45, 7) is 0.246. The van der Waals surface area contributed by atoms with Crippen LogP contribution in [0.1, 0.15) is 51.4 Å². The number of sulfone groups is 1. The third-order valence-corrected chi connectivity index (χ3v) is 6.75. The van der Waals surface area contributed by atoms with Crippen molar-refractivity contribution in [3.8, 4) is 0 Å². The van der Waals surface area contributed by atoms with Crippen molar-refractivity contribution in [1.82, 2.24) is 4.90 Å². The zero-order chi connectivity index (χ0) is 16.9. The van der Waals surface area contributed by atoms with Crippen LogP contribution in [0.5, 0.6) is 0 Å². The average Bonchev–Trinajstić information content (AvgIpc) is 3.14. The summed E-state index contributed by atoms with van der Waals surface area (Å²) in [5, 5.41) is 0. The molecular formula is C16H27NO5S. The minimum absolute atomic E-state index is 0.0172. The van der Waals surface area contributed by atoms with Crippen LogP contribution >= 0.6 is 0 Å². The molecular weight excluding hydrogens is 318 g/mol. The van der Waals surface area contributed by atoms with Gasteiger partial charge in [0.2, 0.25) is 5.91 Å². The second kappa shape index (κ2) is 8.13. The first-order chi connectivity index (χ1) is 10.9. The van der Waals surface area contributed by atoms with Crippen molar-refractivity contribution in [2.24, 2.45) is 5.92 Å². The molecule has 6 nitrogen and oxygen atoms in total. The molecule has 1 amide bonds. The molecule has 0 spiro atoms. The second-order valence-corrected chi connectivity index (χ2v) is 8.89. The van der Waals surface area contributed by atoms with Gasteiger partial charge in [-0.3, -0.25) is 9.59 Å². The van der Waals surface area contributed by atoms with Crippen molar-refractivity contribution in [2.75, 3.05) is 25.2 Å². The summed E-state index contributed by atoms with van der Waals surface area (Å²) < 4.78 is 28.0. The first kappa shape index (κ1) is 18.2. The predicted octanol–water partition coefficient (Wildman–Crippen LogP) is 1.54. The Kier molecular flexibility index (Phi) is 6.44. The van der Waals surface area contributed by atoms with Crippen LogP contribution < -0.4 is 0 Å². The molecule has 2 rings (SSSR count). The summed E-state index contributed by atoms with van der Waals surface area (Å²) in [5.74, 6) is 0.363. The van der Waals surface area contributed by atoms with Crippen LogP contribution in [0.25, 0.3) is 0 Å². The van der Waals surface area contributed by atoms with Crippen LogP contribution in [0.2, 0.25) is 0 Å². The highest BCUT2D eigenvalue weighted by Gasteiger charge is 2.34. The maximum absolute atomic E-state index is 12.6. The summed E-state index contributed by atoms with van der Waals surface area (Å²) in [6.07, 6.45) is 6.76. The molecule has 7 heteroatoms. The Bertz CT molecular complexity index is 525. The highest BCUT2D eigenvalue weighted by Crippen LogP contribution is 2.29. The van der Waals surface area contributed by atoms with Crippen molar-refractivity contribution in [3.63, 3.8) is 0 Å². The van der Waals surface area contributed by atoms with E-state index in [1.54, 1.807) is 4.90 Å². The number of amides is 1. The molecule has 0 aromatic rings. The summed E-state index contributed by atoms with van der Waals surface area (Å²) in [5.41, 5.74) is 0. The zero-order valence-corrected chi connectivity index (χ0v) is 14.6. The summed E-state index contributed by atoms with van der Waals surface area (Å²) >= 11 is 0. The van der Waals surface area contributed by atoms with E-state index in [2.05, 4.69) is 4.74 Å². The molecule has 0 bridgehead atoms. The lowest BCUT2D eigenvalue weighted by atomic mass is 10.0. The van der Waals surface area contributed by atoms with Crippen molar-refractivity contribution in [2.45, 2.75) is 57.4 Å². The van der Waals surface area contributed by atoms with Crippen LogP contribution in [0.15, 0.2) is 0 Å². The first-order valence-corrected chi connectivity index (χ1v) is 10.3. The fourth-order valence-electron chi connectivity index (χ4n) is 3.62. The van der Waals surface area contributed by atoms with E-state index in [0.29, 0.717) is 18.8 Å². The lowest BCUT2D eigenvalue weighted by Crippen LogP contribution is -2.42. The zero-order valence-electron chi connectivity index (χ0n) is 13.8. The molecule has 1 heterocycles. The van der Waals surface area contributed by atoms with E-state index < -0.39 is 9.84 Å². The number of carbonyl (C=O) groups excluding carboxylic acids is 2. The third-order valence-electron chi connectivity index (χ3n) is 5.00. The number of carbonyl (C=O) groups is 2. The smallest absolute Gasteiger partial charge is 0.307 e. The minimum Gasteiger partial charge on any atom is -0.469 e. The average molecular weight is 345 g/mol. The Morgan fingerprint density at radius 1 is 1.13 bits per heavy atom. The van der Waals surface area contributed by atoms with Crippen molar-refractivity contribution < 1.29 is 22.7 Å². The lowest BCUT2D eigenvalue weighted by Gasteiger charge is -2.28. The number of rotatable bonds is 7. The molecule has 1 unspecified atom stereocenters. The van der Waals surface area contributed by atoms with Gasteiger partial charge in [-0.05, 0) is 18.8 Å². The Hall–Kier alpha value is -1.11. The SMILES string of the molecule is COC(=O)CCN(C(=O)CCC1CCCC1)C1CCS(=O)(=O)C1. The molecule has 0 aromatic carbocycles. The highest BCUT2D eigenvalue weighted by atomic mass is 32.2. The molecule has 0 aromatic heterocycles. The van der Waals surface area contributed by atoms with Crippen LogP contribution in [-0.2, 0) is 24.2 Å². The molecule has 1 aliphatic carbocycles. The van der Waals surface area contributed by atoms with Gasteiger partial charge in [-0.1, -0.05) is 25.7 Å².